The molecule has 0 radical (unpaired) electrons. The molecule has 0 atom stereocenters. The number of rotatable bonds is 5. The fraction of sp³-hybridized carbons (Fsp3) is 0.188. The van der Waals surface area contributed by atoms with E-state index < -0.39 is 15.9 Å². The maximum atomic E-state index is 12.4. The fourth-order valence-electron chi connectivity index (χ4n) is 2.00. The van der Waals surface area contributed by atoms with Crippen molar-refractivity contribution in [2.45, 2.75) is 24.8 Å². The predicted octanol–water partition coefficient (Wildman–Crippen LogP) is 4.59. The van der Waals surface area contributed by atoms with Crippen LogP contribution in [0.3, 0.4) is 0 Å². The van der Waals surface area contributed by atoms with Gasteiger partial charge in [-0.25, -0.2) is 13.1 Å². The summed E-state index contributed by atoms with van der Waals surface area (Å²) in [4.78, 5) is 12.4. The lowest BCUT2D eigenvalue weighted by Crippen LogP contribution is -2.30. The minimum absolute atomic E-state index is 0.0272. The molecule has 0 aromatic heterocycles. The molecule has 0 saturated heterocycles. The fourth-order valence-corrected chi connectivity index (χ4v) is 3.77. The summed E-state index contributed by atoms with van der Waals surface area (Å²) < 4.78 is 27.0. The number of amides is 1. The Hall–Kier alpha value is -1.31. The van der Waals surface area contributed by atoms with Crippen molar-refractivity contribution >= 4 is 56.4 Å². The van der Waals surface area contributed by atoms with E-state index in [-0.39, 0.29) is 26.5 Å². The third-order valence-corrected chi connectivity index (χ3v) is 5.79. The second kappa shape index (κ2) is 7.93. The van der Waals surface area contributed by atoms with Crippen molar-refractivity contribution in [1.29, 1.82) is 0 Å². The van der Waals surface area contributed by atoms with Crippen LogP contribution >= 0.6 is 34.8 Å². The predicted molar refractivity (Wildman–Crippen MR) is 101 cm³/mol. The SMILES string of the molecule is CC(C)NS(=O)(=O)c1ccc(Cl)c(C(=O)Nc2ccc(Cl)c(Cl)c2)c1. The van der Waals surface area contributed by atoms with Gasteiger partial charge in [0.25, 0.3) is 5.91 Å². The summed E-state index contributed by atoms with van der Waals surface area (Å²) in [5.74, 6) is -0.565. The first-order chi connectivity index (χ1) is 11.6. The molecule has 0 saturated carbocycles. The smallest absolute Gasteiger partial charge is 0.257 e. The van der Waals surface area contributed by atoms with E-state index >= 15 is 0 Å². The van der Waals surface area contributed by atoms with Crippen molar-refractivity contribution < 1.29 is 13.2 Å². The van der Waals surface area contributed by atoms with Crippen LogP contribution in [-0.4, -0.2) is 20.4 Å². The van der Waals surface area contributed by atoms with Crippen LogP contribution in [-0.2, 0) is 10.0 Å². The molecule has 2 rings (SSSR count). The van der Waals surface area contributed by atoms with Crippen molar-refractivity contribution in [2.75, 3.05) is 5.32 Å². The van der Waals surface area contributed by atoms with Gasteiger partial charge in [-0.15, -0.1) is 0 Å². The Morgan fingerprint density at radius 2 is 1.60 bits per heavy atom. The summed E-state index contributed by atoms with van der Waals surface area (Å²) in [7, 11) is -3.74. The summed E-state index contributed by atoms with van der Waals surface area (Å²) in [5, 5.41) is 3.36. The highest BCUT2D eigenvalue weighted by atomic mass is 35.5. The third-order valence-electron chi connectivity index (χ3n) is 3.06. The second-order valence-corrected chi connectivity index (χ2v) is 8.44. The molecule has 0 aliphatic carbocycles. The Morgan fingerprint density at radius 1 is 0.960 bits per heavy atom. The van der Waals surface area contributed by atoms with E-state index in [9.17, 15) is 13.2 Å². The molecule has 2 aromatic carbocycles. The Labute approximate surface area is 161 Å². The summed E-state index contributed by atoms with van der Waals surface area (Å²) in [6, 6.07) is 8.23. The van der Waals surface area contributed by atoms with Crippen molar-refractivity contribution in [2.24, 2.45) is 0 Å². The minimum atomic E-state index is -3.74. The normalized spacial score (nSPS) is 11.6. The van der Waals surface area contributed by atoms with E-state index in [1.54, 1.807) is 19.9 Å². The van der Waals surface area contributed by atoms with Gasteiger partial charge in [0.15, 0.2) is 0 Å². The number of hydrogen-bond donors (Lipinski definition) is 2. The molecule has 0 heterocycles. The third kappa shape index (κ3) is 5.09. The largest absolute Gasteiger partial charge is 0.322 e. The number of carbonyl (C=O) groups excluding carboxylic acids is 1. The molecular weight excluding hydrogens is 407 g/mol. The first-order valence-corrected chi connectivity index (χ1v) is 9.80. The maximum absolute atomic E-state index is 12.4. The van der Waals surface area contributed by atoms with Gasteiger partial charge in [-0.3, -0.25) is 4.79 Å². The van der Waals surface area contributed by atoms with E-state index in [4.69, 9.17) is 34.8 Å². The Kier molecular flexibility index (Phi) is 6.35. The van der Waals surface area contributed by atoms with Gasteiger partial charge >= 0.3 is 0 Å². The number of nitrogens with one attached hydrogen (secondary N) is 2. The number of halogens is 3. The molecule has 9 heteroatoms. The molecule has 0 spiro atoms. The number of benzene rings is 2. The molecule has 5 nitrogen and oxygen atoms in total. The molecule has 1 amide bonds. The zero-order chi connectivity index (χ0) is 18.8. The lowest BCUT2D eigenvalue weighted by atomic mass is 10.2. The molecule has 0 fully saturated rings. The minimum Gasteiger partial charge on any atom is -0.322 e. The Morgan fingerprint density at radius 3 is 2.20 bits per heavy atom. The van der Waals surface area contributed by atoms with Crippen LogP contribution in [0.2, 0.25) is 15.1 Å². The quantitative estimate of drug-likeness (QED) is 0.741. The number of hydrogen-bond acceptors (Lipinski definition) is 3. The Balaban J connectivity index is 2.33. The van der Waals surface area contributed by atoms with Crippen LogP contribution in [0.1, 0.15) is 24.2 Å². The lowest BCUT2D eigenvalue weighted by Gasteiger charge is -2.12. The molecule has 2 N–H and O–H groups in total. The van der Waals surface area contributed by atoms with Crippen LogP contribution in [0.25, 0.3) is 0 Å². The zero-order valence-electron chi connectivity index (χ0n) is 13.3. The van der Waals surface area contributed by atoms with Crippen molar-refractivity contribution in [3.05, 3.63) is 57.0 Å². The van der Waals surface area contributed by atoms with Crippen molar-refractivity contribution in [3.8, 4) is 0 Å². The van der Waals surface area contributed by atoms with Crippen LogP contribution in [0, 0.1) is 0 Å². The second-order valence-electron chi connectivity index (χ2n) is 5.50. The number of sulfonamides is 1. The summed E-state index contributed by atoms with van der Waals surface area (Å²) in [6.45, 7) is 3.40. The van der Waals surface area contributed by atoms with Crippen LogP contribution < -0.4 is 10.0 Å². The van der Waals surface area contributed by atoms with Crippen LogP contribution in [0.5, 0.6) is 0 Å². The van der Waals surface area contributed by atoms with E-state index in [2.05, 4.69) is 10.0 Å². The van der Waals surface area contributed by atoms with Gasteiger partial charge in [-0.1, -0.05) is 34.8 Å². The van der Waals surface area contributed by atoms with E-state index in [1.165, 1.54) is 30.3 Å². The highest BCUT2D eigenvalue weighted by Crippen LogP contribution is 2.26. The maximum Gasteiger partial charge on any atom is 0.257 e. The standard InChI is InChI=1S/C16H15Cl3N2O3S/c1-9(2)21-25(23,24)11-4-6-13(17)12(8-11)16(22)20-10-3-5-14(18)15(19)7-10/h3-9,21H,1-2H3,(H,20,22). The molecule has 0 unspecified atom stereocenters. The molecule has 134 valence electrons. The zero-order valence-corrected chi connectivity index (χ0v) is 16.4. The van der Waals surface area contributed by atoms with Gasteiger partial charge in [-0.05, 0) is 50.2 Å². The van der Waals surface area contributed by atoms with Crippen LogP contribution in [0.4, 0.5) is 5.69 Å². The van der Waals surface area contributed by atoms with Gasteiger partial charge in [0.2, 0.25) is 10.0 Å². The van der Waals surface area contributed by atoms with Crippen molar-refractivity contribution in [1.82, 2.24) is 4.72 Å². The van der Waals surface area contributed by atoms with Crippen molar-refractivity contribution in [3.63, 3.8) is 0 Å². The first kappa shape index (κ1) is 20.0. The molecular formula is C16H15Cl3N2O3S. The number of carbonyl (C=O) groups is 1. The summed E-state index contributed by atoms with van der Waals surface area (Å²) in [6.07, 6.45) is 0. The molecule has 0 aliphatic heterocycles. The lowest BCUT2D eigenvalue weighted by molar-refractivity contribution is 0.102. The highest BCUT2D eigenvalue weighted by Gasteiger charge is 2.19. The first-order valence-electron chi connectivity index (χ1n) is 7.18. The van der Waals surface area contributed by atoms with Gasteiger partial charge in [0.05, 0.1) is 25.5 Å². The molecule has 25 heavy (non-hydrogen) atoms. The average molecular weight is 422 g/mol. The number of anilines is 1. The Bertz CT molecular complexity index is 915. The van der Waals surface area contributed by atoms with Gasteiger partial charge in [-0.2, -0.15) is 0 Å². The van der Waals surface area contributed by atoms with Gasteiger partial charge in [0, 0.05) is 11.7 Å². The highest BCUT2D eigenvalue weighted by molar-refractivity contribution is 7.89. The molecule has 2 aromatic rings. The van der Waals surface area contributed by atoms with Gasteiger partial charge in [0.1, 0.15) is 0 Å². The molecule has 0 bridgehead atoms. The van der Waals surface area contributed by atoms with E-state index in [1.807, 2.05) is 0 Å². The van der Waals surface area contributed by atoms with Gasteiger partial charge < -0.3 is 5.32 Å². The average Bonchev–Trinajstić information content (AvgIpc) is 2.49. The monoisotopic (exact) mass is 420 g/mol. The summed E-state index contributed by atoms with van der Waals surface area (Å²) >= 11 is 17.8. The van der Waals surface area contributed by atoms with E-state index in [0.29, 0.717) is 10.7 Å². The van der Waals surface area contributed by atoms with E-state index in [0.717, 1.165) is 0 Å². The topological polar surface area (TPSA) is 75.3 Å². The van der Waals surface area contributed by atoms with Crippen LogP contribution in [0.15, 0.2) is 41.3 Å². The molecule has 0 aliphatic rings. The summed E-state index contributed by atoms with van der Waals surface area (Å²) in [5.41, 5.74) is 0.434.